The quantitative estimate of drug-likeness (QED) is 0.568. The fraction of sp³-hybridized carbons (Fsp3) is 0.111. The highest BCUT2D eigenvalue weighted by molar-refractivity contribution is 7.17. The van der Waals surface area contributed by atoms with Gasteiger partial charge in [-0.3, -0.25) is 4.79 Å². The van der Waals surface area contributed by atoms with E-state index in [-0.39, 0.29) is 5.91 Å². The second kappa shape index (κ2) is 6.45. The van der Waals surface area contributed by atoms with Gasteiger partial charge in [0.2, 0.25) is 0 Å². The Morgan fingerprint density at radius 2 is 2.16 bits per heavy atom. The van der Waals surface area contributed by atoms with Crippen LogP contribution >= 0.6 is 11.3 Å². The van der Waals surface area contributed by atoms with E-state index in [4.69, 9.17) is 0 Å². The molecule has 0 spiro atoms. The SMILES string of the molecule is CN(Cc1csc2ccccc12)C(=O)c1ccnc(-n2cncn2)c1. The molecule has 7 heteroatoms. The van der Waals surface area contributed by atoms with Crippen LogP contribution in [0.4, 0.5) is 0 Å². The van der Waals surface area contributed by atoms with Gasteiger partial charge in [-0.25, -0.2) is 14.6 Å². The van der Waals surface area contributed by atoms with E-state index in [0.29, 0.717) is 17.9 Å². The zero-order valence-corrected chi connectivity index (χ0v) is 14.3. The molecule has 0 saturated heterocycles. The summed E-state index contributed by atoms with van der Waals surface area (Å²) in [4.78, 5) is 22.6. The number of carbonyl (C=O) groups excluding carboxylic acids is 1. The van der Waals surface area contributed by atoms with E-state index in [0.717, 1.165) is 5.56 Å². The van der Waals surface area contributed by atoms with Crippen LogP contribution in [0.3, 0.4) is 0 Å². The van der Waals surface area contributed by atoms with Crippen molar-refractivity contribution in [3.05, 3.63) is 71.8 Å². The smallest absolute Gasteiger partial charge is 0.254 e. The van der Waals surface area contributed by atoms with Crippen LogP contribution in [0.1, 0.15) is 15.9 Å². The minimum absolute atomic E-state index is 0.0564. The normalized spacial score (nSPS) is 10.9. The molecule has 0 unspecified atom stereocenters. The van der Waals surface area contributed by atoms with Gasteiger partial charge in [-0.15, -0.1) is 11.3 Å². The molecule has 6 nitrogen and oxygen atoms in total. The highest BCUT2D eigenvalue weighted by Crippen LogP contribution is 2.26. The second-order valence-electron chi connectivity index (χ2n) is 5.66. The maximum absolute atomic E-state index is 12.8. The summed E-state index contributed by atoms with van der Waals surface area (Å²) in [6.07, 6.45) is 4.60. The van der Waals surface area contributed by atoms with Gasteiger partial charge in [0.1, 0.15) is 12.7 Å². The second-order valence-corrected chi connectivity index (χ2v) is 6.57. The van der Waals surface area contributed by atoms with Crippen LogP contribution < -0.4 is 0 Å². The van der Waals surface area contributed by atoms with Crippen molar-refractivity contribution in [3.63, 3.8) is 0 Å². The van der Waals surface area contributed by atoms with E-state index in [9.17, 15) is 4.79 Å². The summed E-state index contributed by atoms with van der Waals surface area (Å²) in [6, 6.07) is 11.7. The molecule has 1 aromatic carbocycles. The third-order valence-corrected chi connectivity index (χ3v) is 4.97. The Kier molecular flexibility index (Phi) is 3.99. The lowest BCUT2D eigenvalue weighted by Gasteiger charge is -2.17. The summed E-state index contributed by atoms with van der Waals surface area (Å²) < 4.78 is 2.76. The number of nitrogens with zero attached hydrogens (tertiary/aromatic N) is 5. The fourth-order valence-electron chi connectivity index (χ4n) is 2.71. The predicted octanol–water partition coefficient (Wildman–Crippen LogP) is 3.15. The molecular formula is C18H15N5OS. The molecule has 0 radical (unpaired) electrons. The van der Waals surface area contributed by atoms with Gasteiger partial charge in [0.05, 0.1) is 0 Å². The lowest BCUT2D eigenvalue weighted by Crippen LogP contribution is -2.26. The van der Waals surface area contributed by atoms with Crippen molar-refractivity contribution >= 4 is 27.3 Å². The number of thiophene rings is 1. The average Bonchev–Trinajstić information content (AvgIpc) is 3.32. The topological polar surface area (TPSA) is 63.9 Å². The van der Waals surface area contributed by atoms with Gasteiger partial charge in [-0.05, 0) is 34.5 Å². The monoisotopic (exact) mass is 349 g/mol. The first-order valence-electron chi connectivity index (χ1n) is 7.74. The molecule has 25 heavy (non-hydrogen) atoms. The molecule has 3 aromatic heterocycles. The van der Waals surface area contributed by atoms with Gasteiger partial charge in [-0.1, -0.05) is 18.2 Å². The summed E-state index contributed by atoms with van der Waals surface area (Å²) in [5, 5.41) is 7.36. The number of fused-ring (bicyclic) bond motifs is 1. The van der Waals surface area contributed by atoms with E-state index in [1.165, 1.54) is 21.1 Å². The summed E-state index contributed by atoms with van der Waals surface area (Å²) in [6.45, 7) is 0.559. The number of hydrogen-bond donors (Lipinski definition) is 0. The Bertz CT molecular complexity index is 1020. The first-order valence-corrected chi connectivity index (χ1v) is 8.62. The van der Waals surface area contributed by atoms with Crippen LogP contribution in [0.15, 0.2) is 60.6 Å². The van der Waals surface area contributed by atoms with Crippen LogP contribution in [-0.4, -0.2) is 37.6 Å². The van der Waals surface area contributed by atoms with Crippen molar-refractivity contribution in [2.24, 2.45) is 0 Å². The highest BCUT2D eigenvalue weighted by Gasteiger charge is 2.15. The standard InChI is InChI=1S/C18H15N5OS/c1-22(9-14-10-25-16-5-3-2-4-15(14)16)18(24)13-6-7-20-17(8-13)23-12-19-11-21-23/h2-8,10-12H,9H2,1H3. The molecule has 0 aliphatic rings. The molecule has 0 aliphatic heterocycles. The highest BCUT2D eigenvalue weighted by atomic mass is 32.1. The average molecular weight is 349 g/mol. The summed E-state index contributed by atoms with van der Waals surface area (Å²) in [7, 11) is 1.81. The largest absolute Gasteiger partial charge is 0.337 e. The van der Waals surface area contributed by atoms with E-state index in [1.54, 1.807) is 40.9 Å². The lowest BCUT2D eigenvalue weighted by molar-refractivity contribution is 0.0785. The molecule has 0 fully saturated rings. The third kappa shape index (κ3) is 3.01. The number of carbonyl (C=O) groups is 1. The zero-order valence-electron chi connectivity index (χ0n) is 13.5. The zero-order chi connectivity index (χ0) is 17.2. The minimum atomic E-state index is -0.0564. The summed E-state index contributed by atoms with van der Waals surface area (Å²) >= 11 is 1.70. The summed E-state index contributed by atoms with van der Waals surface area (Å²) in [5.41, 5.74) is 1.73. The number of amides is 1. The van der Waals surface area contributed by atoms with E-state index in [1.807, 2.05) is 19.2 Å². The van der Waals surface area contributed by atoms with Crippen LogP contribution in [0.25, 0.3) is 15.9 Å². The fourth-order valence-corrected chi connectivity index (χ4v) is 3.66. The first-order chi connectivity index (χ1) is 12.2. The van der Waals surface area contributed by atoms with Crippen LogP contribution in [-0.2, 0) is 6.54 Å². The Morgan fingerprint density at radius 3 is 3.00 bits per heavy atom. The van der Waals surface area contributed by atoms with E-state index in [2.05, 4.69) is 32.6 Å². The Hall–Kier alpha value is -3.06. The number of hydrogen-bond acceptors (Lipinski definition) is 5. The maximum Gasteiger partial charge on any atom is 0.254 e. The number of aromatic nitrogens is 4. The molecule has 1 amide bonds. The molecular weight excluding hydrogens is 334 g/mol. The van der Waals surface area contributed by atoms with Gasteiger partial charge >= 0.3 is 0 Å². The lowest BCUT2D eigenvalue weighted by atomic mass is 10.1. The van der Waals surface area contributed by atoms with Crippen LogP contribution in [0, 0.1) is 0 Å². The molecule has 0 saturated carbocycles. The number of pyridine rings is 1. The molecule has 0 aliphatic carbocycles. The van der Waals surface area contributed by atoms with Gasteiger partial charge in [-0.2, -0.15) is 5.10 Å². The van der Waals surface area contributed by atoms with E-state index >= 15 is 0 Å². The van der Waals surface area contributed by atoms with Crippen molar-refractivity contribution in [3.8, 4) is 5.82 Å². The van der Waals surface area contributed by atoms with Gasteiger partial charge in [0.15, 0.2) is 5.82 Å². The van der Waals surface area contributed by atoms with Crippen molar-refractivity contribution in [2.75, 3.05) is 7.05 Å². The Morgan fingerprint density at radius 1 is 1.28 bits per heavy atom. The molecule has 0 N–H and O–H groups in total. The predicted molar refractivity (Wildman–Crippen MR) is 96.8 cm³/mol. The Balaban J connectivity index is 1.57. The van der Waals surface area contributed by atoms with E-state index < -0.39 is 0 Å². The maximum atomic E-state index is 12.8. The van der Waals surface area contributed by atoms with Crippen molar-refractivity contribution in [2.45, 2.75) is 6.54 Å². The molecule has 4 aromatic rings. The molecule has 0 atom stereocenters. The van der Waals surface area contributed by atoms with Gasteiger partial charge in [0.25, 0.3) is 5.91 Å². The Labute approximate surface area is 148 Å². The summed E-state index contributed by atoms with van der Waals surface area (Å²) in [5.74, 6) is 0.511. The number of rotatable bonds is 4. The van der Waals surface area contributed by atoms with Crippen LogP contribution in [0.5, 0.6) is 0 Å². The van der Waals surface area contributed by atoms with Crippen molar-refractivity contribution < 1.29 is 4.79 Å². The van der Waals surface area contributed by atoms with Crippen molar-refractivity contribution in [1.82, 2.24) is 24.6 Å². The van der Waals surface area contributed by atoms with Gasteiger partial charge in [0, 0.05) is 30.1 Å². The van der Waals surface area contributed by atoms with Gasteiger partial charge < -0.3 is 4.90 Å². The molecule has 4 rings (SSSR count). The van der Waals surface area contributed by atoms with Crippen molar-refractivity contribution in [1.29, 1.82) is 0 Å². The number of benzene rings is 1. The molecule has 0 bridgehead atoms. The molecule has 3 heterocycles. The first kappa shape index (κ1) is 15.5. The van der Waals surface area contributed by atoms with Crippen LogP contribution in [0.2, 0.25) is 0 Å². The minimum Gasteiger partial charge on any atom is -0.337 e. The third-order valence-electron chi connectivity index (χ3n) is 3.96. The molecule has 124 valence electrons.